The Labute approximate surface area is 176 Å². The molecular formula is C26H26FNO2. The summed E-state index contributed by atoms with van der Waals surface area (Å²) in [6.07, 6.45) is 9.89. The molecule has 2 aromatic rings. The normalized spacial score (nSPS) is 19.6. The van der Waals surface area contributed by atoms with E-state index in [0.717, 1.165) is 35.2 Å². The van der Waals surface area contributed by atoms with Crippen LogP contribution in [0.25, 0.3) is 0 Å². The van der Waals surface area contributed by atoms with Crippen molar-refractivity contribution in [3.05, 3.63) is 75.8 Å². The van der Waals surface area contributed by atoms with Gasteiger partial charge in [-0.25, -0.2) is 4.39 Å². The van der Waals surface area contributed by atoms with Crippen LogP contribution in [-0.4, -0.2) is 11.5 Å². The zero-order valence-corrected chi connectivity index (χ0v) is 17.3. The van der Waals surface area contributed by atoms with Gasteiger partial charge in [-0.1, -0.05) is 56.4 Å². The van der Waals surface area contributed by atoms with Crippen molar-refractivity contribution in [3.8, 4) is 5.75 Å². The van der Waals surface area contributed by atoms with Crippen molar-refractivity contribution in [2.24, 2.45) is 10.9 Å². The number of rotatable bonds is 4. The second-order valence-electron chi connectivity index (χ2n) is 8.68. The molecule has 1 aliphatic carbocycles. The van der Waals surface area contributed by atoms with E-state index >= 15 is 0 Å². The van der Waals surface area contributed by atoms with E-state index < -0.39 is 0 Å². The lowest BCUT2D eigenvalue weighted by Gasteiger charge is -2.22. The number of aliphatic imine (C=N–C) groups is 1. The van der Waals surface area contributed by atoms with Crippen molar-refractivity contribution in [2.75, 3.05) is 0 Å². The second kappa shape index (κ2) is 7.82. The highest BCUT2D eigenvalue weighted by molar-refractivity contribution is 6.19. The summed E-state index contributed by atoms with van der Waals surface area (Å²) in [5.74, 6) is 0.898. The highest BCUT2D eigenvalue weighted by atomic mass is 19.1. The number of benzene rings is 2. The predicted molar refractivity (Wildman–Crippen MR) is 116 cm³/mol. The number of ether oxygens (including phenoxy) is 1. The van der Waals surface area contributed by atoms with Gasteiger partial charge in [-0.05, 0) is 42.9 Å². The van der Waals surface area contributed by atoms with Crippen molar-refractivity contribution in [1.29, 1.82) is 0 Å². The van der Waals surface area contributed by atoms with Gasteiger partial charge in [0.2, 0.25) is 5.78 Å². The van der Waals surface area contributed by atoms with Crippen LogP contribution in [0, 0.1) is 18.7 Å². The maximum absolute atomic E-state index is 14.7. The van der Waals surface area contributed by atoms with Gasteiger partial charge < -0.3 is 4.74 Å². The van der Waals surface area contributed by atoms with Crippen LogP contribution in [0.2, 0.25) is 0 Å². The molecule has 4 heteroatoms. The van der Waals surface area contributed by atoms with Crippen LogP contribution in [0.5, 0.6) is 5.75 Å². The molecule has 2 aliphatic heterocycles. The molecule has 0 amide bonds. The second-order valence-corrected chi connectivity index (χ2v) is 8.68. The van der Waals surface area contributed by atoms with E-state index in [1.54, 1.807) is 13.0 Å². The summed E-state index contributed by atoms with van der Waals surface area (Å²) in [6, 6.07) is 9.33. The van der Waals surface area contributed by atoms with Gasteiger partial charge in [-0.15, -0.1) is 0 Å². The van der Waals surface area contributed by atoms with Crippen molar-refractivity contribution in [2.45, 2.75) is 58.4 Å². The Bertz CT molecular complexity index is 1080. The first-order chi connectivity index (χ1) is 14.6. The van der Waals surface area contributed by atoms with Crippen LogP contribution in [0.1, 0.15) is 71.1 Å². The van der Waals surface area contributed by atoms with E-state index in [0.29, 0.717) is 29.3 Å². The first kappa shape index (κ1) is 19.2. The van der Waals surface area contributed by atoms with Crippen molar-refractivity contribution in [3.63, 3.8) is 0 Å². The first-order valence-corrected chi connectivity index (χ1v) is 11.0. The zero-order chi connectivity index (χ0) is 20.7. The van der Waals surface area contributed by atoms with Gasteiger partial charge in [-0.2, -0.15) is 0 Å². The van der Waals surface area contributed by atoms with Crippen LogP contribution in [-0.2, 0) is 13.0 Å². The molecule has 0 atom stereocenters. The fourth-order valence-electron chi connectivity index (χ4n) is 4.98. The quantitative estimate of drug-likeness (QED) is 0.578. The Morgan fingerprint density at radius 2 is 1.97 bits per heavy atom. The molecule has 2 aromatic carbocycles. The van der Waals surface area contributed by atoms with Crippen molar-refractivity contribution >= 4 is 11.5 Å². The molecule has 2 heterocycles. The van der Waals surface area contributed by atoms with E-state index in [1.165, 1.54) is 38.2 Å². The van der Waals surface area contributed by atoms with Gasteiger partial charge in [-0.3, -0.25) is 9.79 Å². The lowest BCUT2D eigenvalue weighted by Crippen LogP contribution is -2.08. The fraction of sp³-hybridized carbons (Fsp3) is 0.385. The van der Waals surface area contributed by atoms with Gasteiger partial charge >= 0.3 is 0 Å². The summed E-state index contributed by atoms with van der Waals surface area (Å²) in [5.41, 5.74) is 4.71. The lowest BCUT2D eigenvalue weighted by molar-refractivity contribution is 0.101. The van der Waals surface area contributed by atoms with Gasteiger partial charge in [0, 0.05) is 17.2 Å². The van der Waals surface area contributed by atoms with Gasteiger partial charge in [0.15, 0.2) is 5.76 Å². The summed E-state index contributed by atoms with van der Waals surface area (Å²) >= 11 is 0. The first-order valence-electron chi connectivity index (χ1n) is 11.0. The monoisotopic (exact) mass is 403 g/mol. The Balaban J connectivity index is 1.44. The van der Waals surface area contributed by atoms with Gasteiger partial charge in [0.1, 0.15) is 11.6 Å². The maximum Gasteiger partial charge on any atom is 0.232 e. The Morgan fingerprint density at radius 3 is 2.80 bits per heavy atom. The SMILES string of the molecule is Cc1c(F)cc2c(c1CCC1CCCCC1)O/C(=C\C1=NCc3ccccc31)C2=O. The van der Waals surface area contributed by atoms with Crippen LogP contribution in [0.3, 0.4) is 0 Å². The Morgan fingerprint density at radius 1 is 1.17 bits per heavy atom. The van der Waals surface area contributed by atoms with E-state index in [2.05, 4.69) is 4.99 Å². The third kappa shape index (κ3) is 3.38. The highest BCUT2D eigenvalue weighted by Crippen LogP contribution is 2.40. The summed E-state index contributed by atoms with van der Waals surface area (Å²) in [6.45, 7) is 2.40. The van der Waals surface area contributed by atoms with Crippen molar-refractivity contribution in [1.82, 2.24) is 0 Å². The number of hydrogen-bond acceptors (Lipinski definition) is 3. The molecule has 0 radical (unpaired) electrons. The van der Waals surface area contributed by atoms with Crippen LogP contribution < -0.4 is 4.74 Å². The Hall–Kier alpha value is -2.75. The van der Waals surface area contributed by atoms with Crippen LogP contribution >= 0.6 is 0 Å². The number of carbonyl (C=O) groups excluding carboxylic acids is 1. The van der Waals surface area contributed by atoms with Gasteiger partial charge in [0.05, 0.1) is 17.8 Å². The molecule has 154 valence electrons. The number of carbonyl (C=O) groups is 1. The lowest BCUT2D eigenvalue weighted by atomic mass is 9.84. The molecule has 0 N–H and O–H groups in total. The molecule has 5 rings (SSSR count). The minimum absolute atomic E-state index is 0.240. The van der Waals surface area contributed by atoms with Gasteiger partial charge in [0.25, 0.3) is 0 Å². The number of Topliss-reactive ketones (excluding diaryl/α,β-unsaturated/α-hetero) is 1. The van der Waals surface area contributed by atoms with Crippen molar-refractivity contribution < 1.29 is 13.9 Å². The van der Waals surface area contributed by atoms with E-state index in [4.69, 9.17) is 4.74 Å². The molecule has 1 saturated carbocycles. The number of nitrogens with zero attached hydrogens (tertiary/aromatic N) is 1. The molecule has 1 fully saturated rings. The number of allylic oxidation sites excluding steroid dienone is 2. The third-order valence-electron chi connectivity index (χ3n) is 6.79. The number of hydrogen-bond donors (Lipinski definition) is 0. The zero-order valence-electron chi connectivity index (χ0n) is 17.3. The minimum Gasteiger partial charge on any atom is -0.452 e. The molecule has 0 unspecified atom stereocenters. The Kier molecular flexibility index (Phi) is 5.01. The largest absolute Gasteiger partial charge is 0.452 e. The summed E-state index contributed by atoms with van der Waals surface area (Å²) in [5, 5.41) is 0. The summed E-state index contributed by atoms with van der Waals surface area (Å²) in [7, 11) is 0. The van der Waals surface area contributed by atoms with Crippen LogP contribution in [0.4, 0.5) is 4.39 Å². The van der Waals surface area contributed by atoms with E-state index in [1.807, 2.05) is 24.3 Å². The summed E-state index contributed by atoms with van der Waals surface area (Å²) in [4.78, 5) is 17.6. The number of halogens is 1. The highest BCUT2D eigenvalue weighted by Gasteiger charge is 2.33. The molecule has 30 heavy (non-hydrogen) atoms. The third-order valence-corrected chi connectivity index (χ3v) is 6.79. The topological polar surface area (TPSA) is 38.7 Å². The average Bonchev–Trinajstić information content (AvgIpc) is 3.31. The molecule has 3 nitrogen and oxygen atoms in total. The van der Waals surface area contributed by atoms with E-state index in [9.17, 15) is 9.18 Å². The number of fused-ring (bicyclic) bond motifs is 2. The smallest absolute Gasteiger partial charge is 0.232 e. The average molecular weight is 403 g/mol. The molecule has 0 spiro atoms. The molecular weight excluding hydrogens is 377 g/mol. The molecule has 0 bridgehead atoms. The van der Waals surface area contributed by atoms with Crippen LogP contribution in [0.15, 0.2) is 47.2 Å². The summed E-state index contributed by atoms with van der Waals surface area (Å²) < 4.78 is 20.7. The number of ketones is 1. The fourth-order valence-corrected chi connectivity index (χ4v) is 4.98. The molecule has 0 saturated heterocycles. The predicted octanol–water partition coefficient (Wildman–Crippen LogP) is 6.11. The standard InChI is InChI=1S/C26H26FNO2/c1-16-19(12-11-17-7-3-2-4-8-17)26-21(13-22(16)27)25(29)24(30-26)14-23-20-10-6-5-9-18(20)15-28-23/h5-6,9-10,13-14,17H,2-4,7-8,11-12,15H2,1H3/b24-14-. The molecule has 3 aliphatic rings. The molecule has 0 aromatic heterocycles. The minimum atomic E-state index is -0.325. The maximum atomic E-state index is 14.7. The van der Waals surface area contributed by atoms with E-state index in [-0.39, 0.29) is 17.4 Å².